The molecule has 1 aromatic carbocycles. The number of Topliss-reactive ketones (excluding diaryl/α,β-unsaturated/α-hetero) is 1. The summed E-state index contributed by atoms with van der Waals surface area (Å²) in [5, 5.41) is 0. The fourth-order valence-electron chi connectivity index (χ4n) is 2.08. The monoisotopic (exact) mass is 260 g/mol. The van der Waals surface area contributed by atoms with Crippen LogP contribution in [0.2, 0.25) is 5.82 Å². The van der Waals surface area contributed by atoms with E-state index in [1.54, 1.807) is 0 Å². The third-order valence-electron chi connectivity index (χ3n) is 4.15. The first kappa shape index (κ1) is 14.3. The Bertz CT molecular complexity index is 452. The number of carbonyl (C=O) groups excluding carboxylic acids is 1. The van der Waals surface area contributed by atoms with Crippen molar-refractivity contribution in [2.45, 2.75) is 51.6 Å². The molecule has 102 valence electrons. The summed E-state index contributed by atoms with van der Waals surface area (Å²) >= 11 is 0. The van der Waals surface area contributed by atoms with Crippen LogP contribution in [0.4, 0.5) is 0 Å². The summed E-state index contributed by atoms with van der Waals surface area (Å²) in [6.45, 7) is 9.83. The van der Waals surface area contributed by atoms with Gasteiger partial charge in [0.1, 0.15) is 0 Å². The summed E-state index contributed by atoms with van der Waals surface area (Å²) in [5.74, 6) is -0.262. The van der Waals surface area contributed by atoms with Gasteiger partial charge in [-0.2, -0.15) is 0 Å². The van der Waals surface area contributed by atoms with Gasteiger partial charge in [0.2, 0.25) is 0 Å². The van der Waals surface area contributed by atoms with Crippen molar-refractivity contribution >= 4 is 12.9 Å². The minimum absolute atomic E-state index is 0.0547. The van der Waals surface area contributed by atoms with Crippen LogP contribution in [0.15, 0.2) is 30.3 Å². The molecule has 1 saturated heterocycles. The minimum atomic E-state index is -0.488. The van der Waals surface area contributed by atoms with Crippen molar-refractivity contribution in [2.24, 2.45) is 0 Å². The minimum Gasteiger partial charge on any atom is -0.403 e. The van der Waals surface area contributed by atoms with E-state index in [1.807, 2.05) is 65.0 Å². The maximum Gasteiger partial charge on any atom is 0.469 e. The van der Waals surface area contributed by atoms with Gasteiger partial charge in [-0.1, -0.05) is 37.3 Å². The highest BCUT2D eigenvalue weighted by Crippen LogP contribution is 2.40. The van der Waals surface area contributed by atoms with E-state index in [-0.39, 0.29) is 11.6 Å². The molecule has 0 aromatic heterocycles. The van der Waals surface area contributed by atoms with Crippen molar-refractivity contribution in [1.82, 2.24) is 0 Å². The van der Waals surface area contributed by atoms with Crippen LogP contribution in [0.3, 0.4) is 0 Å². The van der Waals surface area contributed by atoms with Gasteiger partial charge in [0.05, 0.1) is 17.0 Å². The second kappa shape index (κ2) is 4.76. The molecular weight excluding hydrogens is 239 g/mol. The standard InChI is InChI=1S/C15H21BO3/c1-11(13(17)12-9-7-6-8-10-12)16-18-14(2,3)15(4,5)19-16/h6-11H,1-5H3/t11-/m0/s1. The Morgan fingerprint density at radius 3 is 2.00 bits per heavy atom. The van der Waals surface area contributed by atoms with Gasteiger partial charge >= 0.3 is 7.12 Å². The van der Waals surface area contributed by atoms with Gasteiger partial charge in [0, 0.05) is 5.56 Å². The molecule has 0 amide bonds. The molecule has 1 aliphatic rings. The molecular formula is C15H21BO3. The highest BCUT2D eigenvalue weighted by molar-refractivity contribution is 6.53. The van der Waals surface area contributed by atoms with E-state index in [0.717, 1.165) is 0 Å². The lowest BCUT2D eigenvalue weighted by Crippen LogP contribution is -2.41. The van der Waals surface area contributed by atoms with E-state index in [1.165, 1.54) is 0 Å². The van der Waals surface area contributed by atoms with Crippen molar-refractivity contribution in [3.63, 3.8) is 0 Å². The fraction of sp³-hybridized carbons (Fsp3) is 0.533. The van der Waals surface area contributed by atoms with Crippen LogP contribution in [0.25, 0.3) is 0 Å². The molecule has 0 radical (unpaired) electrons. The molecule has 1 aromatic rings. The first-order valence-electron chi connectivity index (χ1n) is 6.69. The molecule has 1 fully saturated rings. The lowest BCUT2D eigenvalue weighted by atomic mass is 9.69. The van der Waals surface area contributed by atoms with E-state index >= 15 is 0 Å². The second-order valence-electron chi connectivity index (χ2n) is 6.14. The molecule has 0 bridgehead atoms. The van der Waals surface area contributed by atoms with Crippen molar-refractivity contribution < 1.29 is 14.1 Å². The zero-order valence-electron chi connectivity index (χ0n) is 12.3. The zero-order valence-corrected chi connectivity index (χ0v) is 12.3. The van der Waals surface area contributed by atoms with E-state index in [2.05, 4.69) is 0 Å². The fourth-order valence-corrected chi connectivity index (χ4v) is 2.08. The maximum absolute atomic E-state index is 12.4. The average molecular weight is 260 g/mol. The lowest BCUT2D eigenvalue weighted by Gasteiger charge is -2.32. The van der Waals surface area contributed by atoms with Crippen LogP contribution in [-0.4, -0.2) is 24.1 Å². The van der Waals surface area contributed by atoms with Crippen LogP contribution in [0, 0.1) is 0 Å². The zero-order chi connectivity index (χ0) is 14.3. The Balaban J connectivity index is 2.14. The molecule has 0 spiro atoms. The van der Waals surface area contributed by atoms with Gasteiger partial charge in [0.15, 0.2) is 5.78 Å². The Morgan fingerprint density at radius 2 is 1.53 bits per heavy atom. The first-order valence-corrected chi connectivity index (χ1v) is 6.69. The molecule has 19 heavy (non-hydrogen) atoms. The van der Waals surface area contributed by atoms with Crippen molar-refractivity contribution in [2.75, 3.05) is 0 Å². The van der Waals surface area contributed by atoms with Crippen molar-refractivity contribution in [1.29, 1.82) is 0 Å². The molecule has 2 rings (SSSR count). The molecule has 1 atom stereocenters. The van der Waals surface area contributed by atoms with Crippen LogP contribution in [0.5, 0.6) is 0 Å². The normalized spacial score (nSPS) is 22.3. The summed E-state index contributed by atoms with van der Waals surface area (Å²) in [6, 6.07) is 9.28. The largest absolute Gasteiger partial charge is 0.469 e. The Morgan fingerprint density at radius 1 is 1.05 bits per heavy atom. The predicted molar refractivity (Wildman–Crippen MR) is 76.3 cm³/mol. The molecule has 1 heterocycles. The SMILES string of the molecule is C[C@H](B1OC(C)(C)C(C)(C)O1)C(=O)c1ccccc1. The number of ketones is 1. The maximum atomic E-state index is 12.4. The third kappa shape index (κ3) is 2.60. The van der Waals surface area contributed by atoms with E-state index < -0.39 is 18.3 Å². The Labute approximate surface area is 115 Å². The van der Waals surface area contributed by atoms with Gasteiger partial charge in [-0.3, -0.25) is 4.79 Å². The van der Waals surface area contributed by atoms with Crippen LogP contribution in [-0.2, 0) is 9.31 Å². The second-order valence-corrected chi connectivity index (χ2v) is 6.14. The molecule has 0 unspecified atom stereocenters. The molecule has 1 aliphatic heterocycles. The Kier molecular flexibility index (Phi) is 3.58. The van der Waals surface area contributed by atoms with Gasteiger partial charge in [-0.25, -0.2) is 0 Å². The highest BCUT2D eigenvalue weighted by Gasteiger charge is 2.54. The molecule has 0 N–H and O–H groups in total. The lowest BCUT2D eigenvalue weighted by molar-refractivity contribution is 0.00578. The summed E-state index contributed by atoms with van der Waals surface area (Å²) in [4.78, 5) is 12.4. The molecule has 0 saturated carbocycles. The summed E-state index contributed by atoms with van der Waals surface area (Å²) in [5.41, 5.74) is -0.101. The molecule has 0 aliphatic carbocycles. The smallest absolute Gasteiger partial charge is 0.403 e. The van der Waals surface area contributed by atoms with E-state index in [9.17, 15) is 4.79 Å². The molecule has 3 nitrogen and oxygen atoms in total. The topological polar surface area (TPSA) is 35.5 Å². The average Bonchev–Trinajstić information content (AvgIpc) is 2.58. The summed E-state index contributed by atoms with van der Waals surface area (Å²) in [7, 11) is -0.488. The third-order valence-corrected chi connectivity index (χ3v) is 4.15. The van der Waals surface area contributed by atoms with Gasteiger partial charge in [-0.15, -0.1) is 0 Å². The number of benzene rings is 1. The number of rotatable bonds is 3. The number of hydrogen-bond acceptors (Lipinski definition) is 3. The molecule has 4 heteroatoms. The van der Waals surface area contributed by atoms with Gasteiger partial charge in [-0.05, 0) is 27.7 Å². The van der Waals surface area contributed by atoms with Gasteiger partial charge in [0.25, 0.3) is 0 Å². The van der Waals surface area contributed by atoms with Crippen LogP contribution in [0.1, 0.15) is 45.0 Å². The van der Waals surface area contributed by atoms with E-state index in [4.69, 9.17) is 9.31 Å². The first-order chi connectivity index (χ1) is 8.74. The summed E-state index contributed by atoms with van der Waals surface area (Å²) < 4.78 is 11.9. The van der Waals surface area contributed by atoms with Gasteiger partial charge < -0.3 is 9.31 Å². The number of hydrogen-bond donors (Lipinski definition) is 0. The Hall–Kier alpha value is -1.13. The predicted octanol–water partition coefficient (Wildman–Crippen LogP) is 3.35. The number of carbonyl (C=O) groups is 1. The van der Waals surface area contributed by atoms with Crippen molar-refractivity contribution in [3.8, 4) is 0 Å². The summed E-state index contributed by atoms with van der Waals surface area (Å²) in [6.07, 6.45) is 0. The van der Waals surface area contributed by atoms with E-state index in [0.29, 0.717) is 5.56 Å². The quantitative estimate of drug-likeness (QED) is 0.617. The van der Waals surface area contributed by atoms with Crippen LogP contribution < -0.4 is 0 Å². The highest BCUT2D eigenvalue weighted by atomic mass is 16.7. The van der Waals surface area contributed by atoms with Crippen molar-refractivity contribution in [3.05, 3.63) is 35.9 Å². The van der Waals surface area contributed by atoms with Crippen LogP contribution >= 0.6 is 0 Å².